The summed E-state index contributed by atoms with van der Waals surface area (Å²) in [6.45, 7) is 0. The van der Waals surface area contributed by atoms with Crippen molar-refractivity contribution in [1.82, 2.24) is 0 Å². The molecular weight excluding hydrogens is 388 g/mol. The SMILES string of the molecule is O=[N+]([O-])c1ccccc1S(=O)(=O)Nc1ccc2c(c1)Sc1ccccc1O2. The molecule has 7 nitrogen and oxygen atoms in total. The normalized spacial score (nSPS) is 12.4. The van der Waals surface area contributed by atoms with Gasteiger partial charge in [-0.3, -0.25) is 14.8 Å². The first-order valence-corrected chi connectivity index (χ1v) is 10.1. The molecular formula is C18H12N2O5S2. The standard InChI is InChI=1S/C18H12N2O5S2/c21-20(22)13-5-1-4-8-18(13)27(23,24)19-12-9-10-15-17(11-12)26-16-7-3-2-6-14(16)25-15/h1-11,19H. The predicted octanol–water partition coefficient (Wildman–Crippen LogP) is 4.65. The summed E-state index contributed by atoms with van der Waals surface area (Å²) in [6, 6.07) is 17.6. The van der Waals surface area contributed by atoms with Gasteiger partial charge in [-0.15, -0.1) is 0 Å². The van der Waals surface area contributed by atoms with Crippen LogP contribution in [-0.4, -0.2) is 13.3 Å². The summed E-state index contributed by atoms with van der Waals surface area (Å²) in [5, 5.41) is 11.1. The van der Waals surface area contributed by atoms with Gasteiger partial charge in [0.15, 0.2) is 4.90 Å². The van der Waals surface area contributed by atoms with Crippen molar-refractivity contribution in [1.29, 1.82) is 0 Å². The van der Waals surface area contributed by atoms with Crippen LogP contribution in [0.2, 0.25) is 0 Å². The fourth-order valence-electron chi connectivity index (χ4n) is 2.64. The molecule has 0 aromatic heterocycles. The van der Waals surface area contributed by atoms with Crippen LogP contribution in [0.4, 0.5) is 11.4 Å². The van der Waals surface area contributed by atoms with Crippen LogP contribution < -0.4 is 9.46 Å². The number of benzene rings is 3. The van der Waals surface area contributed by atoms with Crippen LogP contribution in [0, 0.1) is 10.1 Å². The van der Waals surface area contributed by atoms with E-state index in [4.69, 9.17) is 4.74 Å². The fraction of sp³-hybridized carbons (Fsp3) is 0. The lowest BCUT2D eigenvalue weighted by atomic mass is 10.3. The number of nitro groups is 1. The third kappa shape index (κ3) is 3.34. The highest BCUT2D eigenvalue weighted by molar-refractivity contribution is 7.99. The van der Waals surface area contributed by atoms with Gasteiger partial charge < -0.3 is 4.74 Å². The molecule has 0 saturated carbocycles. The first-order valence-electron chi connectivity index (χ1n) is 7.79. The highest BCUT2D eigenvalue weighted by atomic mass is 32.2. The van der Waals surface area contributed by atoms with Gasteiger partial charge >= 0.3 is 0 Å². The Morgan fingerprint density at radius 3 is 2.44 bits per heavy atom. The van der Waals surface area contributed by atoms with Gasteiger partial charge in [0.05, 0.1) is 20.4 Å². The number of nitro benzene ring substituents is 1. The van der Waals surface area contributed by atoms with Gasteiger partial charge in [-0.2, -0.15) is 0 Å². The van der Waals surface area contributed by atoms with E-state index in [0.29, 0.717) is 11.4 Å². The summed E-state index contributed by atoms with van der Waals surface area (Å²) >= 11 is 1.46. The summed E-state index contributed by atoms with van der Waals surface area (Å²) in [5.74, 6) is 1.36. The maximum Gasteiger partial charge on any atom is 0.289 e. The lowest BCUT2D eigenvalue weighted by molar-refractivity contribution is -0.387. The van der Waals surface area contributed by atoms with Crippen molar-refractivity contribution in [2.24, 2.45) is 0 Å². The molecule has 1 N–H and O–H groups in total. The number of para-hydroxylation sites is 2. The second-order valence-electron chi connectivity index (χ2n) is 5.64. The zero-order chi connectivity index (χ0) is 19.0. The Kier molecular flexibility index (Phi) is 4.25. The zero-order valence-corrected chi connectivity index (χ0v) is 15.3. The number of hydrogen-bond acceptors (Lipinski definition) is 6. The Hall–Kier alpha value is -3.04. The second kappa shape index (κ2) is 6.60. The van der Waals surface area contributed by atoms with Crippen molar-refractivity contribution in [2.75, 3.05) is 4.72 Å². The average Bonchev–Trinajstić information content (AvgIpc) is 2.66. The molecule has 1 aliphatic heterocycles. The Morgan fingerprint density at radius 1 is 0.926 bits per heavy atom. The summed E-state index contributed by atoms with van der Waals surface area (Å²) < 4.78 is 33.5. The minimum atomic E-state index is -4.12. The summed E-state index contributed by atoms with van der Waals surface area (Å²) in [5.41, 5.74) is -0.183. The van der Waals surface area contributed by atoms with E-state index >= 15 is 0 Å². The highest BCUT2D eigenvalue weighted by Crippen LogP contribution is 2.47. The van der Waals surface area contributed by atoms with E-state index in [0.717, 1.165) is 21.6 Å². The molecule has 9 heteroatoms. The molecule has 0 amide bonds. The van der Waals surface area contributed by atoms with Crippen LogP contribution >= 0.6 is 11.8 Å². The van der Waals surface area contributed by atoms with E-state index in [1.807, 2.05) is 24.3 Å². The molecule has 27 heavy (non-hydrogen) atoms. The third-order valence-electron chi connectivity index (χ3n) is 3.84. The number of fused-ring (bicyclic) bond motifs is 2. The number of nitrogens with zero attached hydrogens (tertiary/aromatic N) is 1. The van der Waals surface area contributed by atoms with E-state index in [9.17, 15) is 18.5 Å². The monoisotopic (exact) mass is 400 g/mol. The number of hydrogen-bond donors (Lipinski definition) is 1. The lowest BCUT2D eigenvalue weighted by Crippen LogP contribution is -2.14. The molecule has 0 spiro atoms. The largest absolute Gasteiger partial charge is 0.455 e. The van der Waals surface area contributed by atoms with E-state index in [1.165, 1.54) is 30.0 Å². The van der Waals surface area contributed by atoms with Gasteiger partial charge in [0, 0.05) is 6.07 Å². The van der Waals surface area contributed by atoms with Crippen molar-refractivity contribution >= 4 is 33.2 Å². The number of ether oxygens (including phenoxy) is 1. The van der Waals surface area contributed by atoms with Gasteiger partial charge in [0.1, 0.15) is 11.5 Å². The lowest BCUT2D eigenvalue weighted by Gasteiger charge is -2.20. The Bertz CT molecular complexity index is 1160. The molecule has 0 atom stereocenters. The van der Waals surface area contributed by atoms with Gasteiger partial charge in [0.2, 0.25) is 0 Å². The maximum atomic E-state index is 12.6. The van der Waals surface area contributed by atoms with Crippen molar-refractivity contribution in [2.45, 2.75) is 14.7 Å². The van der Waals surface area contributed by atoms with Gasteiger partial charge in [-0.05, 0) is 36.4 Å². The minimum Gasteiger partial charge on any atom is -0.455 e. The van der Waals surface area contributed by atoms with Gasteiger partial charge in [-0.25, -0.2) is 8.42 Å². The molecule has 1 aliphatic rings. The van der Waals surface area contributed by atoms with Crippen molar-refractivity contribution in [3.63, 3.8) is 0 Å². The van der Waals surface area contributed by atoms with E-state index < -0.39 is 20.6 Å². The van der Waals surface area contributed by atoms with E-state index in [-0.39, 0.29) is 4.90 Å². The topological polar surface area (TPSA) is 98.5 Å². The van der Waals surface area contributed by atoms with Gasteiger partial charge in [-0.1, -0.05) is 36.0 Å². The molecule has 0 unspecified atom stereocenters. The van der Waals surface area contributed by atoms with Crippen LogP contribution in [-0.2, 0) is 10.0 Å². The van der Waals surface area contributed by atoms with Crippen molar-refractivity contribution in [3.05, 3.63) is 76.8 Å². The molecule has 1 heterocycles. The van der Waals surface area contributed by atoms with Crippen LogP contribution in [0.15, 0.2) is 81.4 Å². The van der Waals surface area contributed by atoms with E-state index in [2.05, 4.69) is 4.72 Å². The van der Waals surface area contributed by atoms with Crippen LogP contribution in [0.25, 0.3) is 0 Å². The highest BCUT2D eigenvalue weighted by Gasteiger charge is 2.26. The molecule has 0 fully saturated rings. The van der Waals surface area contributed by atoms with Crippen LogP contribution in [0.1, 0.15) is 0 Å². The first kappa shape index (κ1) is 17.4. The molecule has 3 aromatic carbocycles. The minimum absolute atomic E-state index is 0.294. The van der Waals surface area contributed by atoms with Crippen LogP contribution in [0.3, 0.4) is 0 Å². The predicted molar refractivity (Wildman–Crippen MR) is 101 cm³/mol. The smallest absolute Gasteiger partial charge is 0.289 e. The van der Waals surface area contributed by atoms with Crippen LogP contribution in [0.5, 0.6) is 11.5 Å². The molecule has 4 rings (SSSR count). The fourth-order valence-corrected chi connectivity index (χ4v) is 4.85. The number of anilines is 1. The quantitative estimate of drug-likeness (QED) is 0.395. The number of sulfonamides is 1. The molecule has 0 radical (unpaired) electrons. The Morgan fingerprint density at radius 2 is 1.63 bits per heavy atom. The number of nitrogens with one attached hydrogen (secondary N) is 1. The zero-order valence-electron chi connectivity index (χ0n) is 13.7. The third-order valence-corrected chi connectivity index (χ3v) is 6.36. The molecule has 0 saturated heterocycles. The Labute approximate surface area is 159 Å². The molecule has 0 bridgehead atoms. The maximum absolute atomic E-state index is 12.6. The summed E-state index contributed by atoms with van der Waals surface area (Å²) in [4.78, 5) is 11.7. The second-order valence-corrected chi connectivity index (χ2v) is 8.38. The van der Waals surface area contributed by atoms with E-state index in [1.54, 1.807) is 18.2 Å². The van der Waals surface area contributed by atoms with Gasteiger partial charge in [0.25, 0.3) is 15.7 Å². The molecule has 3 aromatic rings. The summed E-state index contributed by atoms with van der Waals surface area (Å²) in [6.07, 6.45) is 0. The molecule has 0 aliphatic carbocycles. The summed E-state index contributed by atoms with van der Waals surface area (Å²) in [7, 11) is -4.12. The Balaban J connectivity index is 1.66. The number of rotatable bonds is 4. The average molecular weight is 400 g/mol. The molecule has 136 valence electrons. The first-order chi connectivity index (χ1) is 12.9. The van der Waals surface area contributed by atoms with Crippen molar-refractivity contribution < 1.29 is 18.1 Å². The van der Waals surface area contributed by atoms with Crippen molar-refractivity contribution in [3.8, 4) is 11.5 Å².